The van der Waals surface area contributed by atoms with E-state index in [0.717, 1.165) is 18.2 Å². The first-order valence-electron chi connectivity index (χ1n) is 5.94. The second-order valence-electron chi connectivity index (χ2n) is 4.45. The van der Waals surface area contributed by atoms with Crippen molar-refractivity contribution < 1.29 is 14.7 Å². The van der Waals surface area contributed by atoms with Gasteiger partial charge in [0, 0.05) is 18.2 Å². The molecule has 0 aromatic heterocycles. The van der Waals surface area contributed by atoms with Crippen LogP contribution in [-0.4, -0.2) is 23.5 Å². The van der Waals surface area contributed by atoms with Crippen molar-refractivity contribution in [2.45, 2.75) is 12.8 Å². The van der Waals surface area contributed by atoms with Crippen LogP contribution >= 0.6 is 0 Å². The molecule has 0 heterocycles. The van der Waals surface area contributed by atoms with Crippen LogP contribution < -0.4 is 5.32 Å². The predicted molar refractivity (Wildman–Crippen MR) is 68.2 cm³/mol. The third kappa shape index (κ3) is 3.73. The Bertz CT molecular complexity index is 472. The number of carbonyl (C=O) groups excluding carboxylic acids is 1. The van der Waals surface area contributed by atoms with Crippen LogP contribution in [0.15, 0.2) is 30.3 Å². The summed E-state index contributed by atoms with van der Waals surface area (Å²) in [7, 11) is 0. The Morgan fingerprint density at radius 3 is 2.50 bits per heavy atom. The fourth-order valence-corrected chi connectivity index (χ4v) is 1.57. The molecule has 0 atom stereocenters. The molecule has 0 radical (unpaired) electrons. The van der Waals surface area contributed by atoms with Crippen LogP contribution in [-0.2, 0) is 4.79 Å². The zero-order valence-electron chi connectivity index (χ0n) is 9.93. The van der Waals surface area contributed by atoms with Gasteiger partial charge in [-0.05, 0) is 42.5 Å². The molecule has 1 aromatic rings. The van der Waals surface area contributed by atoms with E-state index < -0.39 is 5.97 Å². The quantitative estimate of drug-likeness (QED) is 0.779. The Labute approximate surface area is 105 Å². The van der Waals surface area contributed by atoms with Crippen LogP contribution in [0.1, 0.15) is 28.8 Å². The van der Waals surface area contributed by atoms with E-state index in [0.29, 0.717) is 11.5 Å². The molecule has 0 aliphatic heterocycles. The molecule has 94 valence electrons. The van der Waals surface area contributed by atoms with E-state index in [4.69, 9.17) is 5.11 Å². The SMILES string of the molecule is O=C(O)C=Cc1ccc(C(=O)NCC2CC2)cc1. The second kappa shape index (κ2) is 5.49. The highest BCUT2D eigenvalue weighted by molar-refractivity contribution is 5.94. The molecule has 0 bridgehead atoms. The summed E-state index contributed by atoms with van der Waals surface area (Å²) in [6.45, 7) is 0.750. The zero-order chi connectivity index (χ0) is 13.0. The van der Waals surface area contributed by atoms with Gasteiger partial charge in [0.1, 0.15) is 0 Å². The number of benzene rings is 1. The summed E-state index contributed by atoms with van der Waals surface area (Å²) in [6.07, 6.45) is 4.98. The lowest BCUT2D eigenvalue weighted by molar-refractivity contribution is -0.131. The number of nitrogens with one attached hydrogen (secondary N) is 1. The summed E-state index contributed by atoms with van der Waals surface area (Å²) in [6, 6.07) is 6.85. The van der Waals surface area contributed by atoms with Crippen LogP contribution in [0.4, 0.5) is 0 Å². The monoisotopic (exact) mass is 245 g/mol. The first-order chi connectivity index (χ1) is 8.65. The lowest BCUT2D eigenvalue weighted by Crippen LogP contribution is -2.25. The van der Waals surface area contributed by atoms with E-state index in [1.165, 1.54) is 18.9 Å². The highest BCUT2D eigenvalue weighted by Crippen LogP contribution is 2.27. The fourth-order valence-electron chi connectivity index (χ4n) is 1.57. The molecule has 2 N–H and O–H groups in total. The number of aliphatic carboxylic acids is 1. The Morgan fingerprint density at radius 1 is 1.28 bits per heavy atom. The first kappa shape index (κ1) is 12.4. The molecule has 0 saturated heterocycles. The molecule has 18 heavy (non-hydrogen) atoms. The molecule has 4 nitrogen and oxygen atoms in total. The molecular formula is C14H15NO3. The van der Waals surface area contributed by atoms with Crippen LogP contribution in [0, 0.1) is 5.92 Å². The van der Waals surface area contributed by atoms with E-state index in [1.54, 1.807) is 24.3 Å². The normalized spacial score (nSPS) is 14.7. The average molecular weight is 245 g/mol. The summed E-state index contributed by atoms with van der Waals surface area (Å²) in [4.78, 5) is 22.1. The highest BCUT2D eigenvalue weighted by atomic mass is 16.4. The minimum Gasteiger partial charge on any atom is -0.478 e. The third-order valence-corrected chi connectivity index (χ3v) is 2.84. The van der Waals surface area contributed by atoms with Crippen molar-refractivity contribution in [3.8, 4) is 0 Å². The van der Waals surface area contributed by atoms with Gasteiger partial charge in [-0.25, -0.2) is 4.79 Å². The van der Waals surface area contributed by atoms with Crippen molar-refractivity contribution in [2.75, 3.05) is 6.54 Å². The van der Waals surface area contributed by atoms with Gasteiger partial charge in [-0.3, -0.25) is 4.79 Å². The van der Waals surface area contributed by atoms with Crippen molar-refractivity contribution in [1.29, 1.82) is 0 Å². The van der Waals surface area contributed by atoms with Gasteiger partial charge in [0.25, 0.3) is 5.91 Å². The van der Waals surface area contributed by atoms with Crippen molar-refractivity contribution in [3.05, 3.63) is 41.5 Å². The third-order valence-electron chi connectivity index (χ3n) is 2.84. The zero-order valence-corrected chi connectivity index (χ0v) is 9.93. The highest BCUT2D eigenvalue weighted by Gasteiger charge is 2.21. The van der Waals surface area contributed by atoms with Crippen LogP contribution in [0.5, 0.6) is 0 Å². The summed E-state index contributed by atoms with van der Waals surface area (Å²) >= 11 is 0. The molecule has 4 heteroatoms. The number of hydrogen-bond donors (Lipinski definition) is 2. The van der Waals surface area contributed by atoms with Crippen molar-refractivity contribution in [1.82, 2.24) is 5.32 Å². The van der Waals surface area contributed by atoms with Gasteiger partial charge in [0.2, 0.25) is 0 Å². The van der Waals surface area contributed by atoms with E-state index in [2.05, 4.69) is 5.32 Å². The first-order valence-corrected chi connectivity index (χ1v) is 5.94. The van der Waals surface area contributed by atoms with Gasteiger partial charge in [0.05, 0.1) is 0 Å². The smallest absolute Gasteiger partial charge is 0.328 e. The molecule has 1 fully saturated rings. The number of carboxylic acid groups (broad SMARTS) is 1. The van der Waals surface area contributed by atoms with Crippen LogP contribution in [0.3, 0.4) is 0 Å². The summed E-state index contributed by atoms with van der Waals surface area (Å²) < 4.78 is 0. The number of rotatable bonds is 5. The maximum Gasteiger partial charge on any atom is 0.328 e. The topological polar surface area (TPSA) is 66.4 Å². The Morgan fingerprint density at radius 2 is 1.94 bits per heavy atom. The summed E-state index contributed by atoms with van der Waals surface area (Å²) in [5.41, 5.74) is 1.36. The molecule has 1 aliphatic carbocycles. The Balaban J connectivity index is 1.93. The lowest BCUT2D eigenvalue weighted by Gasteiger charge is -2.04. The molecule has 0 unspecified atom stereocenters. The minimum absolute atomic E-state index is 0.0735. The molecule has 1 saturated carbocycles. The number of hydrogen-bond acceptors (Lipinski definition) is 2. The molecule has 2 rings (SSSR count). The van der Waals surface area contributed by atoms with Crippen LogP contribution in [0.2, 0.25) is 0 Å². The van der Waals surface area contributed by atoms with E-state index in [9.17, 15) is 9.59 Å². The molecule has 1 aromatic carbocycles. The van der Waals surface area contributed by atoms with Gasteiger partial charge in [-0.15, -0.1) is 0 Å². The lowest BCUT2D eigenvalue weighted by atomic mass is 10.1. The second-order valence-corrected chi connectivity index (χ2v) is 4.45. The Kier molecular flexibility index (Phi) is 3.77. The van der Waals surface area contributed by atoms with Gasteiger partial charge >= 0.3 is 5.97 Å². The standard InChI is InChI=1S/C14H15NO3/c16-13(17)8-5-10-3-6-12(7-4-10)14(18)15-9-11-1-2-11/h3-8,11H,1-2,9H2,(H,15,18)(H,16,17). The molecular weight excluding hydrogens is 230 g/mol. The van der Waals surface area contributed by atoms with Gasteiger partial charge in [-0.2, -0.15) is 0 Å². The number of carbonyl (C=O) groups is 2. The number of amides is 1. The summed E-state index contributed by atoms with van der Waals surface area (Å²) in [5.74, 6) is -0.399. The fraction of sp³-hybridized carbons (Fsp3) is 0.286. The van der Waals surface area contributed by atoms with Crippen LogP contribution in [0.25, 0.3) is 6.08 Å². The van der Waals surface area contributed by atoms with Gasteiger partial charge < -0.3 is 10.4 Å². The Hall–Kier alpha value is -2.10. The molecule has 0 spiro atoms. The van der Waals surface area contributed by atoms with Crippen molar-refractivity contribution >= 4 is 18.0 Å². The van der Waals surface area contributed by atoms with Gasteiger partial charge in [-0.1, -0.05) is 12.1 Å². The van der Waals surface area contributed by atoms with E-state index >= 15 is 0 Å². The summed E-state index contributed by atoms with van der Waals surface area (Å²) in [5, 5.41) is 11.4. The molecule has 1 aliphatic rings. The minimum atomic E-state index is -0.985. The van der Waals surface area contributed by atoms with E-state index in [1.807, 2.05) is 0 Å². The number of carboxylic acids is 1. The van der Waals surface area contributed by atoms with E-state index in [-0.39, 0.29) is 5.91 Å². The van der Waals surface area contributed by atoms with Crippen molar-refractivity contribution in [2.24, 2.45) is 5.92 Å². The molecule has 1 amide bonds. The largest absolute Gasteiger partial charge is 0.478 e. The van der Waals surface area contributed by atoms with Gasteiger partial charge in [0.15, 0.2) is 0 Å². The maximum absolute atomic E-state index is 11.7. The average Bonchev–Trinajstić information content (AvgIpc) is 3.18. The maximum atomic E-state index is 11.7. The van der Waals surface area contributed by atoms with Crippen molar-refractivity contribution in [3.63, 3.8) is 0 Å². The predicted octanol–water partition coefficient (Wildman–Crippen LogP) is 1.92.